The number of hydrogen-bond acceptors (Lipinski definition) is 5. The molecular weight excluding hydrogens is 458 g/mol. The van der Waals surface area contributed by atoms with E-state index in [1.54, 1.807) is 47.4 Å². The van der Waals surface area contributed by atoms with Gasteiger partial charge in [-0.25, -0.2) is 18.1 Å². The second-order valence-electron chi connectivity index (χ2n) is 9.06. The summed E-state index contributed by atoms with van der Waals surface area (Å²) in [5, 5.41) is 5.82. The molecule has 1 N–H and O–H groups in total. The summed E-state index contributed by atoms with van der Waals surface area (Å²) in [6.07, 6.45) is 3.41. The van der Waals surface area contributed by atoms with Crippen LogP contribution in [-0.2, 0) is 15.4 Å². The monoisotopic (exact) mass is 483 g/mol. The van der Waals surface area contributed by atoms with Crippen LogP contribution < -0.4 is 9.62 Å². The Hall–Kier alpha value is -3.10. The molecule has 2 aromatic carbocycles. The molecule has 0 aliphatic carbocycles. The third kappa shape index (κ3) is 4.54. The molecule has 0 atom stereocenters. The summed E-state index contributed by atoms with van der Waals surface area (Å²) in [6.45, 7) is 6.25. The van der Waals surface area contributed by atoms with Crippen LogP contribution in [0.5, 0.6) is 0 Å². The molecule has 33 heavy (non-hydrogen) atoms. The van der Waals surface area contributed by atoms with Crippen molar-refractivity contribution in [3.63, 3.8) is 0 Å². The minimum absolute atomic E-state index is 0.0690. The number of benzene rings is 2. The molecule has 0 amide bonds. The molecule has 0 bridgehead atoms. The van der Waals surface area contributed by atoms with Crippen LogP contribution in [0, 0.1) is 0 Å². The predicted molar refractivity (Wildman–Crippen MR) is 134 cm³/mol. The van der Waals surface area contributed by atoms with Gasteiger partial charge in [0.05, 0.1) is 33.4 Å². The molecule has 0 saturated heterocycles. The lowest BCUT2D eigenvalue weighted by atomic mass is 9.87. The first-order chi connectivity index (χ1) is 15.5. The van der Waals surface area contributed by atoms with Crippen molar-refractivity contribution < 1.29 is 8.42 Å². The number of nitrogens with zero attached hydrogens (tertiary/aromatic N) is 4. The van der Waals surface area contributed by atoms with Crippen molar-refractivity contribution in [1.29, 1.82) is 0 Å². The number of fused-ring (bicyclic) bond motifs is 1. The highest BCUT2D eigenvalue weighted by molar-refractivity contribution is 7.92. The quantitative estimate of drug-likeness (QED) is 0.420. The van der Waals surface area contributed by atoms with Crippen LogP contribution in [0.2, 0.25) is 5.02 Å². The van der Waals surface area contributed by atoms with E-state index in [0.29, 0.717) is 16.4 Å². The number of anilines is 2. The number of nitrogens with one attached hydrogen (secondary N) is 1. The van der Waals surface area contributed by atoms with E-state index in [2.05, 4.69) is 35.6 Å². The Balaban J connectivity index is 1.77. The van der Waals surface area contributed by atoms with E-state index in [-0.39, 0.29) is 10.3 Å². The van der Waals surface area contributed by atoms with Gasteiger partial charge < -0.3 is 4.90 Å². The normalized spacial score (nSPS) is 12.2. The molecule has 4 aromatic rings. The molecular formula is C24H26ClN5O2S. The highest BCUT2D eigenvalue weighted by Crippen LogP contribution is 2.31. The Morgan fingerprint density at radius 3 is 2.36 bits per heavy atom. The summed E-state index contributed by atoms with van der Waals surface area (Å²) in [7, 11) is -0.0202. The molecule has 4 rings (SSSR count). The Bertz CT molecular complexity index is 1420. The summed E-state index contributed by atoms with van der Waals surface area (Å²) < 4.78 is 30.7. The van der Waals surface area contributed by atoms with E-state index >= 15 is 0 Å². The summed E-state index contributed by atoms with van der Waals surface area (Å²) >= 11 is 6.28. The van der Waals surface area contributed by atoms with Crippen LogP contribution >= 0.6 is 11.6 Å². The molecule has 7 nitrogen and oxygen atoms in total. The maximum atomic E-state index is 13.2. The Kier molecular flexibility index (Phi) is 5.84. The minimum Gasteiger partial charge on any atom is -0.362 e. The molecule has 0 fully saturated rings. The van der Waals surface area contributed by atoms with E-state index in [1.165, 1.54) is 0 Å². The highest BCUT2D eigenvalue weighted by Gasteiger charge is 2.21. The lowest BCUT2D eigenvalue weighted by Crippen LogP contribution is -2.16. The maximum Gasteiger partial charge on any atom is 0.261 e. The van der Waals surface area contributed by atoms with Crippen molar-refractivity contribution in [2.45, 2.75) is 31.1 Å². The van der Waals surface area contributed by atoms with E-state index < -0.39 is 10.0 Å². The fourth-order valence-electron chi connectivity index (χ4n) is 3.59. The fraction of sp³-hybridized carbons (Fsp3) is 0.250. The summed E-state index contributed by atoms with van der Waals surface area (Å²) in [5.41, 5.74) is 2.66. The van der Waals surface area contributed by atoms with Crippen LogP contribution in [0.4, 0.5) is 11.5 Å². The fourth-order valence-corrected chi connectivity index (χ4v) is 4.83. The third-order valence-corrected chi connectivity index (χ3v) is 6.98. The summed E-state index contributed by atoms with van der Waals surface area (Å²) in [6, 6.07) is 13.7. The molecule has 0 radical (unpaired) electrons. The molecule has 0 spiro atoms. The Morgan fingerprint density at radius 2 is 1.73 bits per heavy atom. The van der Waals surface area contributed by atoms with Gasteiger partial charge in [0.15, 0.2) is 0 Å². The molecule has 0 aliphatic heterocycles. The lowest BCUT2D eigenvalue weighted by molar-refractivity contribution is 0.587. The van der Waals surface area contributed by atoms with Gasteiger partial charge in [0, 0.05) is 25.3 Å². The molecule has 0 saturated carbocycles. The minimum atomic E-state index is -3.83. The van der Waals surface area contributed by atoms with Crippen molar-refractivity contribution in [2.75, 3.05) is 23.7 Å². The van der Waals surface area contributed by atoms with Crippen LogP contribution in [0.1, 0.15) is 26.3 Å². The van der Waals surface area contributed by atoms with E-state index in [9.17, 15) is 8.42 Å². The zero-order valence-electron chi connectivity index (χ0n) is 19.2. The predicted octanol–water partition coefficient (Wildman–Crippen LogP) is 5.24. The summed E-state index contributed by atoms with van der Waals surface area (Å²) in [4.78, 5) is 6.49. The largest absolute Gasteiger partial charge is 0.362 e. The lowest BCUT2D eigenvalue weighted by Gasteiger charge is -2.19. The van der Waals surface area contributed by atoms with Crippen molar-refractivity contribution in [1.82, 2.24) is 14.8 Å². The van der Waals surface area contributed by atoms with Crippen LogP contribution in [0.3, 0.4) is 0 Å². The average Bonchev–Trinajstić information content (AvgIpc) is 3.18. The number of sulfonamides is 1. The van der Waals surface area contributed by atoms with Gasteiger partial charge in [0.1, 0.15) is 5.82 Å². The number of halogens is 1. The summed E-state index contributed by atoms with van der Waals surface area (Å²) in [5.74, 6) is 0.766. The first-order valence-corrected chi connectivity index (χ1v) is 12.3. The third-order valence-electron chi connectivity index (χ3n) is 5.36. The standard InChI is InChI=1S/C24H26ClN5O2S/c1-24(2,3)16-6-9-18(10-7-16)33(31,32)28-20-11-8-17(25)14-22(20)30-21-12-13-26-23(29(4)5)19(21)15-27-30/h6-15,28H,1-5H3. The number of pyridine rings is 1. The zero-order valence-corrected chi connectivity index (χ0v) is 20.7. The van der Waals surface area contributed by atoms with E-state index in [4.69, 9.17) is 11.6 Å². The van der Waals surface area contributed by atoms with E-state index in [1.807, 2.05) is 37.2 Å². The second-order valence-corrected chi connectivity index (χ2v) is 11.2. The van der Waals surface area contributed by atoms with Gasteiger partial charge in [-0.3, -0.25) is 4.72 Å². The molecule has 2 aromatic heterocycles. The van der Waals surface area contributed by atoms with Crippen LogP contribution in [0.25, 0.3) is 16.6 Å². The second kappa shape index (κ2) is 8.35. The smallest absolute Gasteiger partial charge is 0.261 e. The van der Waals surface area contributed by atoms with Gasteiger partial charge >= 0.3 is 0 Å². The zero-order chi connectivity index (χ0) is 24.0. The van der Waals surface area contributed by atoms with Gasteiger partial charge in [0.2, 0.25) is 0 Å². The first kappa shape index (κ1) is 23.1. The number of rotatable bonds is 5. The topological polar surface area (TPSA) is 80.1 Å². The Labute approximate surface area is 199 Å². The average molecular weight is 484 g/mol. The molecule has 172 valence electrons. The van der Waals surface area contributed by atoms with Crippen LogP contribution in [0.15, 0.2) is 65.8 Å². The van der Waals surface area contributed by atoms with Crippen molar-refractivity contribution in [3.05, 3.63) is 71.5 Å². The van der Waals surface area contributed by atoms with Crippen molar-refractivity contribution in [2.24, 2.45) is 0 Å². The Morgan fingerprint density at radius 1 is 1.03 bits per heavy atom. The SMILES string of the molecule is CN(C)c1nccc2c1cnn2-c1cc(Cl)ccc1NS(=O)(=O)c1ccc(C(C)(C)C)cc1. The van der Waals surface area contributed by atoms with Gasteiger partial charge in [-0.15, -0.1) is 0 Å². The van der Waals surface area contributed by atoms with Gasteiger partial charge in [-0.2, -0.15) is 5.10 Å². The van der Waals surface area contributed by atoms with Gasteiger partial charge in [-0.05, 0) is 47.4 Å². The molecule has 0 unspecified atom stereocenters. The first-order valence-electron chi connectivity index (χ1n) is 10.4. The molecule has 0 aliphatic rings. The van der Waals surface area contributed by atoms with Crippen LogP contribution in [-0.4, -0.2) is 37.3 Å². The van der Waals surface area contributed by atoms with Gasteiger partial charge in [-0.1, -0.05) is 44.5 Å². The molecule has 9 heteroatoms. The van der Waals surface area contributed by atoms with Crippen molar-refractivity contribution in [3.8, 4) is 5.69 Å². The van der Waals surface area contributed by atoms with Crippen molar-refractivity contribution >= 4 is 44.0 Å². The molecule has 2 heterocycles. The number of hydrogen-bond donors (Lipinski definition) is 1. The maximum absolute atomic E-state index is 13.2. The van der Waals surface area contributed by atoms with Gasteiger partial charge in [0.25, 0.3) is 10.0 Å². The highest BCUT2D eigenvalue weighted by atomic mass is 35.5. The van der Waals surface area contributed by atoms with E-state index in [0.717, 1.165) is 22.3 Å². The number of aromatic nitrogens is 3.